The summed E-state index contributed by atoms with van der Waals surface area (Å²) in [4.78, 5) is 16.7. The highest BCUT2D eigenvalue weighted by Gasteiger charge is 2.12. The van der Waals surface area contributed by atoms with Crippen molar-refractivity contribution < 1.29 is 4.79 Å². The zero-order chi connectivity index (χ0) is 21.1. The molecule has 4 aromatic rings. The first-order chi connectivity index (χ1) is 14.5. The lowest BCUT2D eigenvalue weighted by molar-refractivity contribution is -0.118. The molecule has 0 unspecified atom stereocenters. The minimum Gasteiger partial charge on any atom is -0.351 e. The number of hydrogen-bond donors (Lipinski definition) is 1. The van der Waals surface area contributed by atoms with Crippen LogP contribution >= 0.6 is 23.4 Å². The third-order valence-corrected chi connectivity index (χ3v) is 6.15. The molecule has 1 N–H and O–H groups in total. The van der Waals surface area contributed by atoms with Crippen LogP contribution < -0.4 is 5.32 Å². The van der Waals surface area contributed by atoms with Crippen LogP contribution in [0.25, 0.3) is 16.8 Å². The van der Waals surface area contributed by atoms with Crippen LogP contribution in [0.3, 0.4) is 0 Å². The van der Waals surface area contributed by atoms with Gasteiger partial charge in [-0.2, -0.15) is 5.10 Å². The Kier molecular flexibility index (Phi) is 6.06. The van der Waals surface area contributed by atoms with E-state index < -0.39 is 0 Å². The van der Waals surface area contributed by atoms with Gasteiger partial charge in [-0.1, -0.05) is 47.6 Å². The third-order valence-electron chi connectivity index (χ3n) is 4.90. The molecular formula is C23H21ClN4OS. The van der Waals surface area contributed by atoms with Gasteiger partial charge in [0, 0.05) is 29.5 Å². The summed E-state index contributed by atoms with van der Waals surface area (Å²) >= 11 is 7.29. The minimum atomic E-state index is -0.0485. The molecular weight excluding hydrogens is 416 g/mol. The van der Waals surface area contributed by atoms with Crippen LogP contribution in [0.15, 0.2) is 66.0 Å². The van der Waals surface area contributed by atoms with Crippen LogP contribution in [-0.2, 0) is 11.3 Å². The van der Waals surface area contributed by atoms with E-state index in [0.29, 0.717) is 11.6 Å². The van der Waals surface area contributed by atoms with Crippen LogP contribution in [0, 0.1) is 13.8 Å². The molecule has 0 aliphatic carbocycles. The summed E-state index contributed by atoms with van der Waals surface area (Å²) in [6, 6.07) is 15.8. The lowest BCUT2D eigenvalue weighted by atomic mass is 10.0. The summed E-state index contributed by atoms with van der Waals surface area (Å²) < 4.78 is 1.81. The Labute approximate surface area is 184 Å². The molecule has 7 heteroatoms. The van der Waals surface area contributed by atoms with E-state index in [1.807, 2.05) is 41.0 Å². The van der Waals surface area contributed by atoms with E-state index in [4.69, 9.17) is 11.6 Å². The van der Waals surface area contributed by atoms with Gasteiger partial charge in [-0.05, 0) is 54.8 Å². The Morgan fingerprint density at radius 3 is 2.67 bits per heavy atom. The molecule has 1 amide bonds. The molecule has 0 aliphatic heterocycles. The van der Waals surface area contributed by atoms with Crippen LogP contribution in [-0.4, -0.2) is 26.3 Å². The molecule has 0 spiro atoms. The Balaban J connectivity index is 1.45. The molecule has 30 heavy (non-hydrogen) atoms. The van der Waals surface area contributed by atoms with Crippen LogP contribution in [0.4, 0.5) is 0 Å². The molecule has 152 valence electrons. The van der Waals surface area contributed by atoms with Crippen molar-refractivity contribution in [3.63, 3.8) is 0 Å². The average Bonchev–Trinajstić information content (AvgIpc) is 3.18. The van der Waals surface area contributed by atoms with Gasteiger partial charge in [0.05, 0.1) is 17.0 Å². The van der Waals surface area contributed by atoms with Crippen molar-refractivity contribution in [2.24, 2.45) is 0 Å². The largest absolute Gasteiger partial charge is 0.351 e. The number of aryl methyl sites for hydroxylation is 2. The van der Waals surface area contributed by atoms with Gasteiger partial charge in [0.25, 0.3) is 0 Å². The van der Waals surface area contributed by atoms with Crippen LogP contribution in [0.5, 0.6) is 0 Å². The minimum absolute atomic E-state index is 0.0485. The second-order valence-electron chi connectivity index (χ2n) is 7.08. The SMILES string of the molecule is Cc1ccc(-c2cc3c(SCC(=O)NCc4ccc(Cl)cc4)nccn3n2)cc1C. The molecule has 2 aromatic heterocycles. The van der Waals surface area contributed by atoms with E-state index in [9.17, 15) is 4.79 Å². The summed E-state index contributed by atoms with van der Waals surface area (Å²) in [5, 5.41) is 9.06. The van der Waals surface area contributed by atoms with Gasteiger partial charge in [-0.15, -0.1) is 0 Å². The van der Waals surface area contributed by atoms with Gasteiger partial charge in [0.2, 0.25) is 5.91 Å². The molecule has 0 radical (unpaired) electrons. The lowest BCUT2D eigenvalue weighted by Crippen LogP contribution is -2.24. The predicted octanol–water partition coefficient (Wildman–Crippen LogP) is 5.08. The van der Waals surface area contributed by atoms with Gasteiger partial charge in [-0.3, -0.25) is 4.79 Å². The number of rotatable bonds is 6. The molecule has 2 aromatic carbocycles. The third kappa shape index (κ3) is 4.66. The number of carbonyl (C=O) groups excluding carboxylic acids is 1. The normalized spacial score (nSPS) is 11.0. The number of aromatic nitrogens is 3. The number of amides is 1. The first-order valence-electron chi connectivity index (χ1n) is 9.55. The standard InChI is InChI=1S/C23H21ClN4OS/c1-15-3-6-18(11-16(15)2)20-12-21-23(25-9-10-28(21)27-20)30-14-22(29)26-13-17-4-7-19(24)8-5-17/h3-12H,13-14H2,1-2H3,(H,26,29). The van der Waals surface area contributed by atoms with E-state index in [-0.39, 0.29) is 11.7 Å². The van der Waals surface area contributed by atoms with Gasteiger partial charge < -0.3 is 5.32 Å². The molecule has 0 saturated carbocycles. The molecule has 0 atom stereocenters. The first-order valence-corrected chi connectivity index (χ1v) is 10.9. The van der Waals surface area contributed by atoms with Crippen molar-refractivity contribution >= 4 is 34.8 Å². The van der Waals surface area contributed by atoms with Crippen molar-refractivity contribution in [2.45, 2.75) is 25.4 Å². The van der Waals surface area contributed by atoms with Gasteiger partial charge in [0.1, 0.15) is 5.03 Å². The first kappa shape index (κ1) is 20.4. The van der Waals surface area contributed by atoms with Crippen molar-refractivity contribution in [1.29, 1.82) is 0 Å². The van der Waals surface area contributed by atoms with Crippen molar-refractivity contribution in [3.05, 3.63) is 82.6 Å². The number of halogens is 1. The Morgan fingerprint density at radius 2 is 1.90 bits per heavy atom. The Hall–Kier alpha value is -2.83. The summed E-state index contributed by atoms with van der Waals surface area (Å²) in [6.45, 7) is 4.66. The molecule has 0 bridgehead atoms. The zero-order valence-electron chi connectivity index (χ0n) is 16.7. The fourth-order valence-corrected chi connectivity index (χ4v) is 3.97. The fourth-order valence-electron chi connectivity index (χ4n) is 3.04. The molecule has 5 nitrogen and oxygen atoms in total. The second kappa shape index (κ2) is 8.90. The zero-order valence-corrected chi connectivity index (χ0v) is 18.3. The summed E-state index contributed by atoms with van der Waals surface area (Å²) in [6.07, 6.45) is 3.53. The topological polar surface area (TPSA) is 59.3 Å². The monoisotopic (exact) mass is 436 g/mol. The van der Waals surface area contributed by atoms with E-state index in [1.54, 1.807) is 6.20 Å². The number of nitrogens with zero attached hydrogens (tertiary/aromatic N) is 3. The van der Waals surface area contributed by atoms with E-state index >= 15 is 0 Å². The summed E-state index contributed by atoms with van der Waals surface area (Å²) in [5.41, 5.74) is 6.34. The highest BCUT2D eigenvalue weighted by atomic mass is 35.5. The van der Waals surface area contributed by atoms with Gasteiger partial charge in [-0.25, -0.2) is 9.50 Å². The second-order valence-corrected chi connectivity index (χ2v) is 8.48. The quantitative estimate of drug-likeness (QED) is 0.428. The predicted molar refractivity (Wildman–Crippen MR) is 122 cm³/mol. The molecule has 4 rings (SSSR count). The Morgan fingerprint density at radius 1 is 1.10 bits per heavy atom. The molecule has 0 saturated heterocycles. The smallest absolute Gasteiger partial charge is 0.230 e. The Bertz CT molecular complexity index is 1200. The van der Waals surface area contributed by atoms with Gasteiger partial charge in [0.15, 0.2) is 0 Å². The molecule has 0 aliphatic rings. The van der Waals surface area contributed by atoms with E-state index in [1.165, 1.54) is 22.9 Å². The number of benzene rings is 2. The molecule has 2 heterocycles. The highest BCUT2D eigenvalue weighted by molar-refractivity contribution is 8.00. The lowest BCUT2D eigenvalue weighted by Gasteiger charge is -2.06. The highest BCUT2D eigenvalue weighted by Crippen LogP contribution is 2.27. The van der Waals surface area contributed by atoms with Crippen molar-refractivity contribution in [1.82, 2.24) is 19.9 Å². The summed E-state index contributed by atoms with van der Waals surface area (Å²) in [5.74, 6) is 0.234. The summed E-state index contributed by atoms with van der Waals surface area (Å²) in [7, 11) is 0. The van der Waals surface area contributed by atoms with Crippen molar-refractivity contribution in [2.75, 3.05) is 5.75 Å². The number of carbonyl (C=O) groups is 1. The maximum absolute atomic E-state index is 12.3. The number of fused-ring (bicyclic) bond motifs is 1. The van der Waals surface area contributed by atoms with E-state index in [0.717, 1.165) is 27.4 Å². The molecule has 0 fully saturated rings. The van der Waals surface area contributed by atoms with Crippen LogP contribution in [0.2, 0.25) is 5.02 Å². The van der Waals surface area contributed by atoms with Crippen LogP contribution in [0.1, 0.15) is 16.7 Å². The maximum atomic E-state index is 12.3. The van der Waals surface area contributed by atoms with Crippen molar-refractivity contribution in [3.8, 4) is 11.3 Å². The van der Waals surface area contributed by atoms with Gasteiger partial charge >= 0.3 is 0 Å². The fraction of sp³-hybridized carbons (Fsp3) is 0.174. The maximum Gasteiger partial charge on any atom is 0.230 e. The van der Waals surface area contributed by atoms with E-state index in [2.05, 4.69) is 47.4 Å². The number of thioether (sulfide) groups is 1. The number of nitrogens with one attached hydrogen (secondary N) is 1. The average molecular weight is 437 g/mol. The number of hydrogen-bond acceptors (Lipinski definition) is 4.